The summed E-state index contributed by atoms with van der Waals surface area (Å²) in [5, 5.41) is 25.3. The standard InChI is InChI=1S/C16H17N5O7S3/c1-2-29-7-5-30-14-10(13(25)21(14)11(7)15(26)27)19-12(24)9(20-28-3-8(22)23)6-4-31-16(17)18-6/h4,10,14H,2-3,5H2,1H3,(H2,17,18)(H,19,24)(H,22,23)(H,26,27)/b20-9+/t10?,14-/m1/s1. The van der Waals surface area contributed by atoms with Crippen molar-refractivity contribution in [1.29, 1.82) is 0 Å². The first-order valence-electron chi connectivity index (χ1n) is 8.72. The molecule has 2 aliphatic heterocycles. The number of oxime groups is 1. The number of aromatic nitrogens is 1. The topological polar surface area (TPSA) is 185 Å². The molecule has 2 aliphatic rings. The van der Waals surface area contributed by atoms with Gasteiger partial charge in [0.25, 0.3) is 11.8 Å². The van der Waals surface area contributed by atoms with E-state index in [1.54, 1.807) is 0 Å². The number of β-lactam (4-membered cyclic amide) rings is 1. The minimum Gasteiger partial charge on any atom is -0.479 e. The van der Waals surface area contributed by atoms with Crippen LogP contribution in [0.2, 0.25) is 0 Å². The van der Waals surface area contributed by atoms with Crippen molar-refractivity contribution < 1.29 is 34.2 Å². The number of thioether (sulfide) groups is 2. The smallest absolute Gasteiger partial charge is 0.353 e. The van der Waals surface area contributed by atoms with Gasteiger partial charge < -0.3 is 26.1 Å². The number of nitrogens with one attached hydrogen (secondary N) is 1. The van der Waals surface area contributed by atoms with Crippen molar-refractivity contribution in [3.63, 3.8) is 0 Å². The molecule has 5 N–H and O–H groups in total. The summed E-state index contributed by atoms with van der Waals surface area (Å²) < 4.78 is 0. The summed E-state index contributed by atoms with van der Waals surface area (Å²) >= 11 is 3.73. The SMILES string of the molecule is CCSC1=C(C(=O)O)N2C(=O)C(NC(=O)/C(=N/OCC(=O)O)c3csc(N)n3)[C@H]2SC1. The fraction of sp³-hybridized carbons (Fsp3) is 0.375. The van der Waals surface area contributed by atoms with Gasteiger partial charge in [-0.2, -0.15) is 0 Å². The number of carbonyl (C=O) groups excluding carboxylic acids is 2. The van der Waals surface area contributed by atoms with Gasteiger partial charge in [-0.1, -0.05) is 12.1 Å². The maximum Gasteiger partial charge on any atom is 0.353 e. The Morgan fingerprint density at radius 3 is 2.77 bits per heavy atom. The summed E-state index contributed by atoms with van der Waals surface area (Å²) in [4.78, 5) is 58.2. The molecule has 0 bridgehead atoms. The summed E-state index contributed by atoms with van der Waals surface area (Å²) in [6, 6.07) is -0.985. The zero-order valence-corrected chi connectivity index (χ0v) is 18.4. The number of carboxylic acids is 2. The van der Waals surface area contributed by atoms with E-state index in [4.69, 9.17) is 10.8 Å². The lowest BCUT2D eigenvalue weighted by Gasteiger charge is -2.49. The van der Waals surface area contributed by atoms with E-state index in [1.165, 1.54) is 28.9 Å². The molecule has 2 amide bonds. The number of carboxylic acid groups (broad SMARTS) is 2. The molecule has 1 aromatic heterocycles. The van der Waals surface area contributed by atoms with Gasteiger partial charge in [0.1, 0.15) is 22.8 Å². The molecule has 15 heteroatoms. The van der Waals surface area contributed by atoms with E-state index in [-0.39, 0.29) is 22.2 Å². The molecule has 0 spiro atoms. The minimum absolute atomic E-state index is 0.0538. The zero-order chi connectivity index (χ0) is 22.7. The Hall–Kier alpha value is -2.78. The van der Waals surface area contributed by atoms with Gasteiger partial charge in [0.15, 0.2) is 10.8 Å². The summed E-state index contributed by atoms with van der Waals surface area (Å²) in [6.45, 7) is 1.10. The van der Waals surface area contributed by atoms with Gasteiger partial charge in [0, 0.05) is 16.0 Å². The first kappa shape index (κ1) is 22.9. The molecular weight excluding hydrogens is 470 g/mol. The molecule has 1 unspecified atom stereocenters. The van der Waals surface area contributed by atoms with Crippen LogP contribution in [0.5, 0.6) is 0 Å². The van der Waals surface area contributed by atoms with E-state index in [0.717, 1.165) is 16.2 Å². The third-order valence-corrected chi connectivity index (χ3v) is 7.18. The van der Waals surface area contributed by atoms with Crippen LogP contribution in [0.3, 0.4) is 0 Å². The van der Waals surface area contributed by atoms with Crippen LogP contribution in [0.15, 0.2) is 21.1 Å². The number of anilines is 1. The number of rotatable bonds is 9. The molecule has 12 nitrogen and oxygen atoms in total. The Morgan fingerprint density at radius 1 is 1.45 bits per heavy atom. The number of amides is 2. The molecule has 1 aromatic rings. The molecule has 3 rings (SSSR count). The van der Waals surface area contributed by atoms with E-state index >= 15 is 0 Å². The van der Waals surface area contributed by atoms with Crippen molar-refractivity contribution in [2.75, 3.05) is 23.8 Å². The summed E-state index contributed by atoms with van der Waals surface area (Å²) in [6.07, 6.45) is 0. The van der Waals surface area contributed by atoms with Gasteiger partial charge in [0.2, 0.25) is 6.61 Å². The van der Waals surface area contributed by atoms with Crippen molar-refractivity contribution in [3.8, 4) is 0 Å². The highest BCUT2D eigenvalue weighted by molar-refractivity contribution is 8.06. The van der Waals surface area contributed by atoms with Crippen molar-refractivity contribution in [2.24, 2.45) is 5.16 Å². The number of fused-ring (bicyclic) bond motifs is 1. The lowest BCUT2D eigenvalue weighted by Crippen LogP contribution is -2.71. The number of aliphatic carboxylic acids is 2. The van der Waals surface area contributed by atoms with Crippen molar-refractivity contribution in [1.82, 2.24) is 15.2 Å². The van der Waals surface area contributed by atoms with Crippen LogP contribution in [-0.4, -0.2) is 79.1 Å². The summed E-state index contributed by atoms with van der Waals surface area (Å²) in [5.74, 6) is -2.84. The number of nitrogens with two attached hydrogens (primary N) is 1. The van der Waals surface area contributed by atoms with Crippen LogP contribution in [0.4, 0.5) is 5.13 Å². The van der Waals surface area contributed by atoms with Gasteiger partial charge in [-0.05, 0) is 5.75 Å². The van der Waals surface area contributed by atoms with Crippen LogP contribution in [0, 0.1) is 0 Å². The third-order valence-electron chi connectivity index (χ3n) is 4.06. The molecule has 166 valence electrons. The summed E-state index contributed by atoms with van der Waals surface area (Å²) in [5.41, 5.74) is 5.21. The van der Waals surface area contributed by atoms with Crippen LogP contribution in [0.25, 0.3) is 0 Å². The Labute approximate surface area is 187 Å². The van der Waals surface area contributed by atoms with E-state index in [9.17, 15) is 24.3 Å². The highest BCUT2D eigenvalue weighted by Gasteiger charge is 2.54. The molecule has 2 atom stereocenters. The molecule has 0 aromatic carbocycles. The molecule has 3 heterocycles. The maximum atomic E-state index is 12.8. The van der Waals surface area contributed by atoms with Crippen molar-refractivity contribution in [3.05, 3.63) is 21.7 Å². The summed E-state index contributed by atoms with van der Waals surface area (Å²) in [7, 11) is 0. The van der Waals surface area contributed by atoms with Crippen molar-refractivity contribution in [2.45, 2.75) is 18.3 Å². The Kier molecular flexibility index (Phi) is 7.07. The lowest BCUT2D eigenvalue weighted by molar-refractivity contribution is -0.150. The second-order valence-electron chi connectivity index (χ2n) is 6.05. The Balaban J connectivity index is 1.78. The normalized spacial score (nSPS) is 20.7. The molecule has 1 fully saturated rings. The predicted octanol–water partition coefficient (Wildman–Crippen LogP) is -0.0202. The van der Waals surface area contributed by atoms with E-state index < -0.39 is 41.8 Å². The molecule has 1 saturated heterocycles. The average Bonchev–Trinajstić information content (AvgIpc) is 3.14. The second-order valence-corrected chi connectivity index (χ2v) is 9.40. The molecule has 0 saturated carbocycles. The fourth-order valence-electron chi connectivity index (χ4n) is 2.84. The van der Waals surface area contributed by atoms with Gasteiger partial charge in [-0.3, -0.25) is 14.5 Å². The Morgan fingerprint density at radius 2 is 2.19 bits per heavy atom. The molecular formula is C16H17N5O7S3. The van der Waals surface area contributed by atoms with E-state index in [2.05, 4.69) is 20.3 Å². The average molecular weight is 488 g/mol. The quantitative estimate of drug-likeness (QED) is 0.208. The first-order chi connectivity index (χ1) is 14.7. The van der Waals surface area contributed by atoms with E-state index in [1.807, 2.05) is 6.92 Å². The monoisotopic (exact) mass is 487 g/mol. The second kappa shape index (κ2) is 9.57. The lowest BCUT2D eigenvalue weighted by atomic mass is 10.0. The van der Waals surface area contributed by atoms with Gasteiger partial charge in [-0.25, -0.2) is 14.6 Å². The third kappa shape index (κ3) is 4.77. The molecule has 0 aliphatic carbocycles. The van der Waals surface area contributed by atoms with Gasteiger partial charge >= 0.3 is 11.9 Å². The number of nitrogen functional groups attached to an aromatic ring is 1. The number of hydrogen-bond donors (Lipinski definition) is 4. The number of nitrogens with zero attached hydrogens (tertiary/aromatic N) is 3. The predicted molar refractivity (Wildman–Crippen MR) is 114 cm³/mol. The maximum absolute atomic E-state index is 12.8. The van der Waals surface area contributed by atoms with Crippen LogP contribution in [0.1, 0.15) is 12.6 Å². The van der Waals surface area contributed by atoms with Crippen LogP contribution < -0.4 is 11.1 Å². The molecule has 31 heavy (non-hydrogen) atoms. The molecule has 0 radical (unpaired) electrons. The highest BCUT2D eigenvalue weighted by Crippen LogP contribution is 2.43. The van der Waals surface area contributed by atoms with Crippen LogP contribution in [-0.2, 0) is 24.0 Å². The number of hydrogen-bond acceptors (Lipinski definition) is 11. The van der Waals surface area contributed by atoms with Gasteiger partial charge in [0.05, 0.1) is 0 Å². The van der Waals surface area contributed by atoms with E-state index in [0.29, 0.717) is 16.4 Å². The first-order valence-corrected chi connectivity index (χ1v) is 11.6. The zero-order valence-electron chi connectivity index (χ0n) is 15.9. The Bertz CT molecular complexity index is 992. The number of carbonyl (C=O) groups is 4. The minimum atomic E-state index is -1.29. The largest absolute Gasteiger partial charge is 0.479 e. The van der Waals surface area contributed by atoms with Gasteiger partial charge in [-0.15, -0.1) is 34.9 Å². The van der Waals surface area contributed by atoms with Crippen molar-refractivity contribution >= 4 is 69.5 Å². The number of thiazole rings is 1. The highest BCUT2D eigenvalue weighted by atomic mass is 32.2. The van der Waals surface area contributed by atoms with Crippen LogP contribution >= 0.6 is 34.9 Å². The fourth-order valence-corrected chi connectivity index (χ4v) is 5.79.